The molecule has 2 heteroatoms. The van der Waals surface area contributed by atoms with Gasteiger partial charge in [-0.15, -0.1) is 0 Å². The summed E-state index contributed by atoms with van der Waals surface area (Å²) in [6, 6.07) is 13.3. The largest absolute Gasteiger partial charge is 0.507 e. The Hall–Kier alpha value is -1.96. The van der Waals surface area contributed by atoms with Crippen LogP contribution in [-0.2, 0) is 0 Å². The molecule has 0 bridgehead atoms. The molecule has 0 amide bonds. The summed E-state index contributed by atoms with van der Waals surface area (Å²) in [5.74, 6) is 1.17. The van der Waals surface area contributed by atoms with E-state index in [1.54, 1.807) is 6.07 Å². The van der Waals surface area contributed by atoms with Crippen LogP contribution in [0, 0.1) is 6.92 Å². The summed E-state index contributed by atoms with van der Waals surface area (Å²) < 4.78 is 5.65. The first kappa shape index (κ1) is 12.5. The SMILES string of the molecule is Cc1cc(OC(C)C)ccc1-c1ccccc1O. The summed E-state index contributed by atoms with van der Waals surface area (Å²) in [6.45, 7) is 6.04. The number of aryl methyl sites for hydroxylation is 1. The number of phenols is 1. The minimum atomic E-state index is 0.167. The molecule has 0 spiro atoms. The van der Waals surface area contributed by atoms with E-state index in [4.69, 9.17) is 4.74 Å². The van der Waals surface area contributed by atoms with E-state index in [2.05, 4.69) is 0 Å². The Labute approximate surface area is 108 Å². The van der Waals surface area contributed by atoms with Gasteiger partial charge in [0.15, 0.2) is 0 Å². The van der Waals surface area contributed by atoms with Crippen LogP contribution in [0.3, 0.4) is 0 Å². The molecule has 2 aromatic rings. The lowest BCUT2D eigenvalue weighted by Crippen LogP contribution is -2.05. The Kier molecular flexibility index (Phi) is 3.56. The zero-order chi connectivity index (χ0) is 13.1. The lowest BCUT2D eigenvalue weighted by Gasteiger charge is -2.13. The molecular formula is C16H18O2. The van der Waals surface area contributed by atoms with Crippen molar-refractivity contribution in [3.8, 4) is 22.6 Å². The normalized spacial score (nSPS) is 10.7. The first-order chi connectivity index (χ1) is 8.58. The van der Waals surface area contributed by atoms with Crippen LogP contribution in [0.2, 0.25) is 0 Å². The first-order valence-corrected chi connectivity index (χ1v) is 6.13. The summed E-state index contributed by atoms with van der Waals surface area (Å²) in [4.78, 5) is 0. The molecule has 0 aromatic heterocycles. The van der Waals surface area contributed by atoms with Gasteiger partial charge in [0.2, 0.25) is 0 Å². The van der Waals surface area contributed by atoms with Gasteiger partial charge in [0.05, 0.1) is 6.10 Å². The Morgan fingerprint density at radius 1 is 1.00 bits per heavy atom. The first-order valence-electron chi connectivity index (χ1n) is 6.13. The summed E-state index contributed by atoms with van der Waals surface area (Å²) in [5.41, 5.74) is 2.98. The third-order valence-corrected chi connectivity index (χ3v) is 2.76. The highest BCUT2D eigenvalue weighted by atomic mass is 16.5. The minimum Gasteiger partial charge on any atom is -0.507 e. The molecule has 94 valence electrons. The fourth-order valence-corrected chi connectivity index (χ4v) is 1.99. The van der Waals surface area contributed by atoms with E-state index in [0.29, 0.717) is 5.75 Å². The van der Waals surface area contributed by atoms with Crippen LogP contribution in [0.4, 0.5) is 0 Å². The van der Waals surface area contributed by atoms with Gasteiger partial charge in [-0.2, -0.15) is 0 Å². The number of ether oxygens (including phenoxy) is 1. The number of hydrogen-bond donors (Lipinski definition) is 1. The van der Waals surface area contributed by atoms with Crippen LogP contribution in [0.1, 0.15) is 19.4 Å². The number of benzene rings is 2. The van der Waals surface area contributed by atoms with Crippen molar-refractivity contribution in [2.45, 2.75) is 26.9 Å². The lowest BCUT2D eigenvalue weighted by molar-refractivity contribution is 0.242. The van der Waals surface area contributed by atoms with Crippen LogP contribution >= 0.6 is 0 Å². The van der Waals surface area contributed by atoms with Gasteiger partial charge in [0.1, 0.15) is 11.5 Å². The summed E-state index contributed by atoms with van der Waals surface area (Å²) in [7, 11) is 0. The van der Waals surface area contributed by atoms with Gasteiger partial charge in [0, 0.05) is 5.56 Å². The standard InChI is InChI=1S/C16H18O2/c1-11(2)18-13-8-9-14(12(3)10-13)15-6-4-5-7-16(15)17/h4-11,17H,1-3H3. The van der Waals surface area contributed by atoms with Gasteiger partial charge in [0.25, 0.3) is 0 Å². The Balaban J connectivity index is 2.39. The Bertz CT molecular complexity index is 545. The van der Waals surface area contributed by atoms with Crippen LogP contribution in [0.5, 0.6) is 11.5 Å². The zero-order valence-corrected chi connectivity index (χ0v) is 11.0. The van der Waals surface area contributed by atoms with Crippen molar-refractivity contribution in [1.82, 2.24) is 0 Å². The van der Waals surface area contributed by atoms with Crippen molar-refractivity contribution in [1.29, 1.82) is 0 Å². The van der Waals surface area contributed by atoms with E-state index < -0.39 is 0 Å². The second kappa shape index (κ2) is 5.13. The van der Waals surface area contributed by atoms with E-state index in [0.717, 1.165) is 22.4 Å². The maximum Gasteiger partial charge on any atom is 0.123 e. The van der Waals surface area contributed by atoms with Crippen molar-refractivity contribution in [3.63, 3.8) is 0 Å². The summed E-state index contributed by atoms with van der Waals surface area (Å²) in [6.07, 6.45) is 0.167. The molecule has 0 fully saturated rings. The van der Waals surface area contributed by atoms with Crippen molar-refractivity contribution in [2.75, 3.05) is 0 Å². The molecule has 1 N–H and O–H groups in total. The average molecular weight is 242 g/mol. The van der Waals surface area contributed by atoms with Crippen molar-refractivity contribution in [3.05, 3.63) is 48.0 Å². The van der Waals surface area contributed by atoms with E-state index >= 15 is 0 Å². The van der Waals surface area contributed by atoms with E-state index in [-0.39, 0.29) is 6.10 Å². The maximum absolute atomic E-state index is 9.87. The molecular weight excluding hydrogens is 224 g/mol. The number of hydrogen-bond acceptors (Lipinski definition) is 2. The predicted molar refractivity (Wildman–Crippen MR) is 74.0 cm³/mol. The quantitative estimate of drug-likeness (QED) is 0.876. The second-order valence-corrected chi connectivity index (χ2v) is 4.66. The molecule has 0 heterocycles. The highest BCUT2D eigenvalue weighted by Gasteiger charge is 2.07. The maximum atomic E-state index is 9.87. The Morgan fingerprint density at radius 3 is 2.33 bits per heavy atom. The highest BCUT2D eigenvalue weighted by molar-refractivity contribution is 5.73. The molecule has 2 nitrogen and oxygen atoms in total. The molecule has 0 radical (unpaired) electrons. The van der Waals surface area contributed by atoms with E-state index in [9.17, 15) is 5.11 Å². The topological polar surface area (TPSA) is 29.5 Å². The monoisotopic (exact) mass is 242 g/mol. The molecule has 2 aromatic carbocycles. The van der Waals surface area contributed by atoms with Crippen LogP contribution in [0.25, 0.3) is 11.1 Å². The molecule has 0 saturated heterocycles. The summed E-state index contributed by atoms with van der Waals surface area (Å²) >= 11 is 0. The number of aromatic hydroxyl groups is 1. The van der Waals surface area contributed by atoms with Gasteiger partial charge in [-0.05, 0) is 50.1 Å². The molecule has 0 aliphatic rings. The number of rotatable bonds is 3. The zero-order valence-electron chi connectivity index (χ0n) is 11.0. The van der Waals surface area contributed by atoms with Gasteiger partial charge < -0.3 is 9.84 Å². The third-order valence-electron chi connectivity index (χ3n) is 2.76. The Morgan fingerprint density at radius 2 is 1.72 bits per heavy atom. The van der Waals surface area contributed by atoms with Gasteiger partial charge in [-0.25, -0.2) is 0 Å². The smallest absolute Gasteiger partial charge is 0.123 e. The van der Waals surface area contributed by atoms with E-state index in [1.165, 1.54) is 0 Å². The molecule has 18 heavy (non-hydrogen) atoms. The van der Waals surface area contributed by atoms with Gasteiger partial charge in [-0.3, -0.25) is 0 Å². The second-order valence-electron chi connectivity index (χ2n) is 4.66. The van der Waals surface area contributed by atoms with Crippen LogP contribution < -0.4 is 4.74 Å². The molecule has 2 rings (SSSR count). The van der Waals surface area contributed by atoms with Crippen molar-refractivity contribution in [2.24, 2.45) is 0 Å². The number of para-hydroxylation sites is 1. The molecule has 0 unspecified atom stereocenters. The molecule has 0 saturated carbocycles. The molecule has 0 atom stereocenters. The van der Waals surface area contributed by atoms with Gasteiger partial charge in [-0.1, -0.05) is 24.3 Å². The van der Waals surface area contributed by atoms with Gasteiger partial charge >= 0.3 is 0 Å². The van der Waals surface area contributed by atoms with Crippen molar-refractivity contribution < 1.29 is 9.84 Å². The highest BCUT2D eigenvalue weighted by Crippen LogP contribution is 2.32. The molecule has 0 aliphatic heterocycles. The fraction of sp³-hybridized carbons (Fsp3) is 0.250. The molecule has 0 aliphatic carbocycles. The predicted octanol–water partition coefficient (Wildman–Crippen LogP) is 4.15. The fourth-order valence-electron chi connectivity index (χ4n) is 1.99. The van der Waals surface area contributed by atoms with Crippen LogP contribution in [-0.4, -0.2) is 11.2 Å². The summed E-state index contributed by atoms with van der Waals surface area (Å²) in [5, 5.41) is 9.87. The minimum absolute atomic E-state index is 0.167. The number of phenolic OH excluding ortho intramolecular Hbond substituents is 1. The van der Waals surface area contributed by atoms with Crippen LogP contribution in [0.15, 0.2) is 42.5 Å². The van der Waals surface area contributed by atoms with Crippen molar-refractivity contribution >= 4 is 0 Å². The third kappa shape index (κ3) is 2.65. The lowest BCUT2D eigenvalue weighted by atomic mass is 9.99. The van der Waals surface area contributed by atoms with E-state index in [1.807, 2.05) is 57.2 Å². The average Bonchev–Trinajstić information content (AvgIpc) is 2.30.